The van der Waals surface area contributed by atoms with E-state index in [-0.39, 0.29) is 0 Å². The molecule has 0 aliphatic heterocycles. The van der Waals surface area contributed by atoms with Gasteiger partial charge in [0.1, 0.15) is 0 Å². The summed E-state index contributed by atoms with van der Waals surface area (Å²) >= 11 is 0. The maximum atomic E-state index is 3.37. The summed E-state index contributed by atoms with van der Waals surface area (Å²) < 4.78 is 0. The second-order valence-corrected chi connectivity index (χ2v) is 3.46. The minimum atomic E-state index is 1.01. The van der Waals surface area contributed by atoms with Crippen LogP contribution in [0.15, 0.2) is 0 Å². The number of hydrogen-bond donors (Lipinski definition) is 1. The molecule has 1 heteroatoms. The quantitative estimate of drug-likeness (QED) is 0.641. The molecule has 0 bridgehead atoms. The van der Waals surface area contributed by atoms with Crippen molar-refractivity contribution < 1.29 is 0 Å². The van der Waals surface area contributed by atoms with Gasteiger partial charge in [-0.2, -0.15) is 0 Å². The van der Waals surface area contributed by atoms with Crippen LogP contribution >= 0.6 is 0 Å². The lowest BCUT2D eigenvalue weighted by Crippen LogP contribution is -2.27. The maximum absolute atomic E-state index is 3.37. The summed E-state index contributed by atoms with van der Waals surface area (Å²) in [6.45, 7) is 10.9. The Kier molecular flexibility index (Phi) is 7.58. The number of hydrogen-bond acceptors (Lipinski definition) is 1. The van der Waals surface area contributed by atoms with E-state index < -0.39 is 0 Å². The lowest BCUT2D eigenvalue weighted by Gasteiger charge is -2.33. The van der Waals surface area contributed by atoms with E-state index >= 15 is 0 Å². The fourth-order valence-corrected chi connectivity index (χ4v) is 1.63. The van der Waals surface area contributed by atoms with Crippen LogP contribution in [-0.4, -0.2) is 13.1 Å². The second-order valence-electron chi connectivity index (χ2n) is 3.46. The third-order valence-electron chi connectivity index (χ3n) is 2.74. The Morgan fingerprint density at radius 3 is 2.25 bits per heavy atom. The molecule has 0 saturated heterocycles. The molecule has 1 unspecified atom stereocenters. The summed E-state index contributed by atoms with van der Waals surface area (Å²) in [5.74, 6) is 2.05. The molecule has 0 spiro atoms. The monoisotopic (exact) mass is 171 g/mol. The predicted molar refractivity (Wildman–Crippen MR) is 56.4 cm³/mol. The van der Waals surface area contributed by atoms with Gasteiger partial charge in [0.15, 0.2) is 0 Å². The first kappa shape index (κ1) is 12.0. The summed E-state index contributed by atoms with van der Waals surface area (Å²) in [5, 5.41) is 3.37. The Morgan fingerprint density at radius 1 is 1.25 bits per heavy atom. The van der Waals surface area contributed by atoms with Crippen molar-refractivity contribution in [1.29, 1.82) is 0 Å². The molecule has 0 heterocycles. The zero-order valence-electron chi connectivity index (χ0n) is 9.19. The standard InChI is InChI=1S/C9H19N.C2H6/c1-3-10-7-6-9-5-4-8(9)2;1-2/h8-10H,3-7H2,1-2H3;1-2H3/t8?,9-;/m1./s1. The Morgan fingerprint density at radius 2 is 1.92 bits per heavy atom. The molecule has 1 nitrogen and oxygen atoms in total. The van der Waals surface area contributed by atoms with Gasteiger partial charge >= 0.3 is 0 Å². The molecule has 74 valence electrons. The van der Waals surface area contributed by atoms with Gasteiger partial charge < -0.3 is 5.32 Å². The topological polar surface area (TPSA) is 12.0 Å². The SMILES string of the molecule is CC.CCNCC[C@H]1CCC1C. The summed E-state index contributed by atoms with van der Waals surface area (Å²) in [5.41, 5.74) is 0. The molecule has 0 aromatic carbocycles. The maximum Gasteiger partial charge on any atom is -0.00463 e. The van der Waals surface area contributed by atoms with E-state index in [1.54, 1.807) is 0 Å². The van der Waals surface area contributed by atoms with E-state index in [1.807, 2.05) is 13.8 Å². The lowest BCUT2D eigenvalue weighted by atomic mass is 9.73. The van der Waals surface area contributed by atoms with Crippen molar-refractivity contribution >= 4 is 0 Å². The van der Waals surface area contributed by atoms with Gasteiger partial charge in [0.25, 0.3) is 0 Å². The van der Waals surface area contributed by atoms with Crippen molar-refractivity contribution in [2.75, 3.05) is 13.1 Å². The van der Waals surface area contributed by atoms with E-state index in [0.29, 0.717) is 0 Å². The lowest BCUT2D eigenvalue weighted by molar-refractivity contribution is 0.183. The molecule has 0 amide bonds. The Hall–Kier alpha value is -0.0400. The van der Waals surface area contributed by atoms with E-state index in [1.165, 1.54) is 25.8 Å². The van der Waals surface area contributed by atoms with Crippen molar-refractivity contribution in [3.8, 4) is 0 Å². The predicted octanol–water partition coefficient (Wildman–Crippen LogP) is 3.06. The molecule has 1 fully saturated rings. The fourth-order valence-electron chi connectivity index (χ4n) is 1.63. The van der Waals surface area contributed by atoms with Gasteiger partial charge in [-0.1, -0.05) is 34.1 Å². The highest BCUT2D eigenvalue weighted by atomic mass is 14.8. The molecule has 1 saturated carbocycles. The largest absolute Gasteiger partial charge is 0.317 e. The van der Waals surface area contributed by atoms with Gasteiger partial charge in [0, 0.05) is 0 Å². The molecule has 1 aliphatic carbocycles. The van der Waals surface area contributed by atoms with Gasteiger partial charge in [0.05, 0.1) is 0 Å². The van der Waals surface area contributed by atoms with Gasteiger partial charge in [0.2, 0.25) is 0 Å². The number of nitrogens with one attached hydrogen (secondary N) is 1. The van der Waals surface area contributed by atoms with Crippen molar-refractivity contribution in [3.63, 3.8) is 0 Å². The first-order chi connectivity index (χ1) is 5.84. The van der Waals surface area contributed by atoms with Crippen LogP contribution in [0.5, 0.6) is 0 Å². The van der Waals surface area contributed by atoms with Crippen molar-refractivity contribution in [2.24, 2.45) is 11.8 Å². The van der Waals surface area contributed by atoms with Gasteiger partial charge in [-0.15, -0.1) is 0 Å². The number of rotatable bonds is 4. The summed E-state index contributed by atoms with van der Waals surface area (Å²) in [7, 11) is 0. The molecule has 0 radical (unpaired) electrons. The molecule has 1 N–H and O–H groups in total. The van der Waals surface area contributed by atoms with Crippen LogP contribution in [-0.2, 0) is 0 Å². The van der Waals surface area contributed by atoms with Crippen molar-refractivity contribution in [1.82, 2.24) is 5.32 Å². The van der Waals surface area contributed by atoms with Crippen LogP contribution < -0.4 is 5.32 Å². The Balaban J connectivity index is 0.000000561. The average Bonchev–Trinajstić information content (AvgIpc) is 2.13. The van der Waals surface area contributed by atoms with Gasteiger partial charge in [-0.3, -0.25) is 0 Å². The molecular formula is C11H25N. The van der Waals surface area contributed by atoms with Crippen LogP contribution in [0.4, 0.5) is 0 Å². The average molecular weight is 171 g/mol. The molecular weight excluding hydrogens is 146 g/mol. The minimum absolute atomic E-state index is 1.01. The molecule has 12 heavy (non-hydrogen) atoms. The second kappa shape index (κ2) is 7.60. The highest BCUT2D eigenvalue weighted by Gasteiger charge is 2.25. The summed E-state index contributed by atoms with van der Waals surface area (Å²) in [4.78, 5) is 0. The molecule has 1 aliphatic rings. The Bertz CT molecular complexity index is 91.0. The van der Waals surface area contributed by atoms with Crippen molar-refractivity contribution in [2.45, 2.75) is 47.0 Å². The fraction of sp³-hybridized carbons (Fsp3) is 1.00. The molecule has 1 rings (SSSR count). The third kappa shape index (κ3) is 4.10. The van der Waals surface area contributed by atoms with Crippen LogP contribution in [0.3, 0.4) is 0 Å². The third-order valence-corrected chi connectivity index (χ3v) is 2.74. The Labute approximate surface area is 77.9 Å². The van der Waals surface area contributed by atoms with Crippen LogP contribution in [0, 0.1) is 11.8 Å². The van der Waals surface area contributed by atoms with Crippen LogP contribution in [0.1, 0.15) is 47.0 Å². The summed E-state index contributed by atoms with van der Waals surface area (Å²) in [6.07, 6.45) is 4.35. The molecule has 0 aromatic rings. The first-order valence-corrected chi connectivity index (χ1v) is 5.55. The van der Waals surface area contributed by atoms with Gasteiger partial charge in [-0.25, -0.2) is 0 Å². The zero-order valence-corrected chi connectivity index (χ0v) is 9.19. The first-order valence-electron chi connectivity index (χ1n) is 5.55. The van der Waals surface area contributed by atoms with E-state index in [0.717, 1.165) is 18.4 Å². The van der Waals surface area contributed by atoms with Crippen molar-refractivity contribution in [3.05, 3.63) is 0 Å². The van der Waals surface area contributed by atoms with E-state index in [4.69, 9.17) is 0 Å². The zero-order chi connectivity index (χ0) is 9.40. The highest BCUT2D eigenvalue weighted by molar-refractivity contribution is 4.77. The van der Waals surface area contributed by atoms with E-state index in [2.05, 4.69) is 19.2 Å². The van der Waals surface area contributed by atoms with E-state index in [9.17, 15) is 0 Å². The summed E-state index contributed by atoms with van der Waals surface area (Å²) in [6, 6.07) is 0. The smallest absolute Gasteiger partial charge is 0.00463 e. The normalized spacial score (nSPS) is 27.0. The van der Waals surface area contributed by atoms with Crippen LogP contribution in [0.25, 0.3) is 0 Å². The minimum Gasteiger partial charge on any atom is -0.317 e. The van der Waals surface area contributed by atoms with Crippen LogP contribution in [0.2, 0.25) is 0 Å². The highest BCUT2D eigenvalue weighted by Crippen LogP contribution is 2.35. The van der Waals surface area contributed by atoms with Gasteiger partial charge in [-0.05, 0) is 37.8 Å². The molecule has 0 aromatic heterocycles. The molecule has 2 atom stereocenters.